The van der Waals surface area contributed by atoms with Crippen LogP contribution >= 0.6 is 0 Å². The van der Waals surface area contributed by atoms with Crippen molar-refractivity contribution in [2.75, 3.05) is 31.2 Å². The zero-order valence-corrected chi connectivity index (χ0v) is 24.4. The molecule has 41 heavy (non-hydrogen) atoms. The molecule has 1 N–H and O–H groups in total. The van der Waals surface area contributed by atoms with Crippen molar-refractivity contribution in [1.82, 2.24) is 5.32 Å². The number of esters is 1. The molecular formula is C31H37N5O5. The van der Waals surface area contributed by atoms with E-state index in [1.54, 1.807) is 13.8 Å². The molecule has 1 fully saturated rings. The molecule has 1 aromatic carbocycles. The standard InChI is InChI=1S/C31H37N5O5/c1-6-30(2,3)28(37)39-16-14-35-29(38)40-20-24-9-7-8-15-36(24)23-12-10-21(11-13-23)26-25(19-34)27(22(17-32)18-33)41-31(26,4)5/h10-13,24H,6-9,14-16,20H2,1-5H3,(H,35,38). The number of hydrogen-bond acceptors (Lipinski definition) is 9. The number of amides is 1. The molecule has 1 amide bonds. The van der Waals surface area contributed by atoms with Gasteiger partial charge in [-0.2, -0.15) is 15.8 Å². The number of nitriles is 3. The van der Waals surface area contributed by atoms with E-state index in [1.807, 2.05) is 57.2 Å². The molecule has 1 unspecified atom stereocenters. The second-order valence-electron chi connectivity index (χ2n) is 11.2. The first-order valence-electron chi connectivity index (χ1n) is 13.8. The van der Waals surface area contributed by atoms with Crippen LogP contribution in [0.2, 0.25) is 0 Å². The van der Waals surface area contributed by atoms with Crippen molar-refractivity contribution in [1.29, 1.82) is 15.8 Å². The van der Waals surface area contributed by atoms with Crippen LogP contribution in [0.4, 0.5) is 10.5 Å². The number of nitrogens with zero attached hydrogens (tertiary/aromatic N) is 4. The maximum absolute atomic E-state index is 12.3. The predicted molar refractivity (Wildman–Crippen MR) is 152 cm³/mol. The predicted octanol–water partition coefficient (Wildman–Crippen LogP) is 5.14. The maximum Gasteiger partial charge on any atom is 0.407 e. The summed E-state index contributed by atoms with van der Waals surface area (Å²) in [6.45, 7) is 10.4. The molecule has 216 valence electrons. The Bertz CT molecular complexity index is 1320. The second-order valence-corrected chi connectivity index (χ2v) is 11.2. The molecule has 2 aliphatic rings. The van der Waals surface area contributed by atoms with Gasteiger partial charge >= 0.3 is 12.1 Å². The number of carbonyl (C=O) groups excluding carboxylic acids is 2. The van der Waals surface area contributed by atoms with Crippen molar-refractivity contribution >= 4 is 23.3 Å². The Morgan fingerprint density at radius 2 is 1.80 bits per heavy atom. The van der Waals surface area contributed by atoms with Crippen molar-refractivity contribution < 1.29 is 23.8 Å². The zero-order chi connectivity index (χ0) is 30.2. The molecule has 1 atom stereocenters. The van der Waals surface area contributed by atoms with Crippen LogP contribution in [0.1, 0.15) is 65.9 Å². The molecule has 2 aliphatic heterocycles. The molecule has 0 aliphatic carbocycles. The number of rotatable bonds is 9. The van der Waals surface area contributed by atoms with Gasteiger partial charge in [0.05, 0.1) is 18.0 Å². The third-order valence-electron chi connectivity index (χ3n) is 7.56. The van der Waals surface area contributed by atoms with Gasteiger partial charge < -0.3 is 24.4 Å². The molecule has 2 heterocycles. The average molecular weight is 560 g/mol. The Labute approximate surface area is 241 Å². The minimum atomic E-state index is -0.903. The van der Waals surface area contributed by atoms with Crippen molar-refractivity contribution in [2.45, 2.75) is 71.9 Å². The van der Waals surface area contributed by atoms with Crippen molar-refractivity contribution in [2.24, 2.45) is 5.41 Å². The van der Waals surface area contributed by atoms with E-state index in [9.17, 15) is 25.4 Å². The normalized spacial score (nSPS) is 18.0. The van der Waals surface area contributed by atoms with E-state index in [-0.39, 0.29) is 48.7 Å². The zero-order valence-electron chi connectivity index (χ0n) is 24.4. The van der Waals surface area contributed by atoms with E-state index >= 15 is 0 Å². The van der Waals surface area contributed by atoms with E-state index in [4.69, 9.17) is 14.2 Å². The van der Waals surface area contributed by atoms with Gasteiger partial charge in [0.1, 0.15) is 42.6 Å². The van der Waals surface area contributed by atoms with Crippen LogP contribution in [0.3, 0.4) is 0 Å². The summed E-state index contributed by atoms with van der Waals surface area (Å²) in [5.41, 5.74) is 0.811. The van der Waals surface area contributed by atoms with E-state index in [0.29, 0.717) is 12.0 Å². The van der Waals surface area contributed by atoms with Crippen LogP contribution < -0.4 is 10.2 Å². The first-order chi connectivity index (χ1) is 19.5. The largest absolute Gasteiger partial charge is 0.480 e. The molecule has 10 heteroatoms. The molecule has 1 aromatic rings. The second kappa shape index (κ2) is 13.2. The van der Waals surface area contributed by atoms with E-state index in [2.05, 4.69) is 16.3 Å². The topological polar surface area (TPSA) is 148 Å². The Hall–Kier alpha value is -4.49. The quantitative estimate of drug-likeness (QED) is 0.247. The Kier molecular flexibility index (Phi) is 10.0. The third kappa shape index (κ3) is 7.18. The minimum Gasteiger partial charge on any atom is -0.480 e. The number of anilines is 1. The maximum atomic E-state index is 12.3. The van der Waals surface area contributed by atoms with Crippen molar-refractivity contribution in [3.05, 3.63) is 46.7 Å². The fourth-order valence-corrected chi connectivity index (χ4v) is 4.87. The molecular weight excluding hydrogens is 522 g/mol. The highest BCUT2D eigenvalue weighted by atomic mass is 16.6. The third-order valence-corrected chi connectivity index (χ3v) is 7.56. The lowest BCUT2D eigenvalue weighted by atomic mass is 9.88. The fourth-order valence-electron chi connectivity index (χ4n) is 4.87. The van der Waals surface area contributed by atoms with Crippen molar-refractivity contribution in [3.8, 4) is 18.2 Å². The van der Waals surface area contributed by atoms with Gasteiger partial charge in [-0.05, 0) is 71.1 Å². The van der Waals surface area contributed by atoms with Gasteiger partial charge in [-0.25, -0.2) is 4.79 Å². The monoisotopic (exact) mass is 559 g/mol. The summed E-state index contributed by atoms with van der Waals surface area (Å²) in [7, 11) is 0. The average Bonchev–Trinajstić information content (AvgIpc) is 3.24. The lowest BCUT2D eigenvalue weighted by Crippen LogP contribution is -2.44. The van der Waals surface area contributed by atoms with Gasteiger partial charge in [-0.15, -0.1) is 0 Å². The van der Waals surface area contributed by atoms with Crippen LogP contribution in [0.15, 0.2) is 41.2 Å². The summed E-state index contributed by atoms with van der Waals surface area (Å²) in [5.74, 6) is -0.287. The molecule has 0 saturated carbocycles. The number of benzene rings is 1. The molecule has 10 nitrogen and oxygen atoms in total. The smallest absolute Gasteiger partial charge is 0.407 e. The number of hydrogen-bond donors (Lipinski definition) is 1. The van der Waals surface area contributed by atoms with E-state index < -0.39 is 17.1 Å². The molecule has 1 saturated heterocycles. The summed E-state index contributed by atoms with van der Waals surface area (Å²) in [5, 5.41) is 31.1. The summed E-state index contributed by atoms with van der Waals surface area (Å²) in [6, 6.07) is 13.4. The summed E-state index contributed by atoms with van der Waals surface area (Å²) >= 11 is 0. The van der Waals surface area contributed by atoms with Crippen LogP contribution in [0.25, 0.3) is 5.57 Å². The Balaban J connectivity index is 1.65. The summed E-state index contributed by atoms with van der Waals surface area (Å²) in [6.07, 6.45) is 2.99. The number of nitrogens with one attached hydrogen (secondary N) is 1. The van der Waals surface area contributed by atoms with Crippen molar-refractivity contribution in [3.63, 3.8) is 0 Å². The number of allylic oxidation sites excluding steroid dienone is 2. The molecule has 0 radical (unpaired) electrons. The first-order valence-corrected chi connectivity index (χ1v) is 13.8. The minimum absolute atomic E-state index is 0.00739. The van der Waals surface area contributed by atoms with E-state index in [0.717, 1.165) is 37.1 Å². The molecule has 0 spiro atoms. The number of alkyl carbamates (subject to hydrolysis) is 1. The number of piperidine rings is 1. The highest BCUT2D eigenvalue weighted by Crippen LogP contribution is 2.45. The molecule has 0 aromatic heterocycles. The molecule has 0 bridgehead atoms. The first kappa shape index (κ1) is 31.0. The van der Waals surface area contributed by atoms with Crippen LogP contribution in [-0.4, -0.2) is 50.0 Å². The number of carbonyl (C=O) groups is 2. The fraction of sp³-hybridized carbons (Fsp3) is 0.516. The lowest BCUT2D eigenvalue weighted by molar-refractivity contribution is -0.153. The van der Waals surface area contributed by atoms with Gasteiger partial charge in [0, 0.05) is 17.8 Å². The highest BCUT2D eigenvalue weighted by Gasteiger charge is 2.40. The van der Waals surface area contributed by atoms with Crippen LogP contribution in [0, 0.1) is 39.4 Å². The van der Waals surface area contributed by atoms with Gasteiger partial charge in [-0.3, -0.25) is 4.79 Å². The summed E-state index contributed by atoms with van der Waals surface area (Å²) in [4.78, 5) is 26.5. The lowest BCUT2D eigenvalue weighted by Gasteiger charge is -2.37. The molecule has 3 rings (SSSR count). The van der Waals surface area contributed by atoms with Gasteiger partial charge in [0.2, 0.25) is 0 Å². The number of ether oxygens (including phenoxy) is 3. The van der Waals surface area contributed by atoms with Gasteiger partial charge in [0.25, 0.3) is 0 Å². The SMILES string of the molecule is CCC(C)(C)C(=O)OCCNC(=O)OCC1CCCCN1c1ccc(C2=C(C#N)C(=C(C#N)C#N)OC2(C)C)cc1. The Morgan fingerprint density at radius 3 is 2.41 bits per heavy atom. The Morgan fingerprint density at radius 1 is 1.12 bits per heavy atom. The highest BCUT2D eigenvalue weighted by molar-refractivity contribution is 5.84. The van der Waals surface area contributed by atoms with Crippen LogP contribution in [-0.2, 0) is 19.0 Å². The summed E-state index contributed by atoms with van der Waals surface area (Å²) < 4.78 is 16.6. The van der Waals surface area contributed by atoms with Gasteiger partial charge in [0.15, 0.2) is 11.3 Å². The van der Waals surface area contributed by atoms with Crippen LogP contribution in [0.5, 0.6) is 0 Å². The van der Waals surface area contributed by atoms with Gasteiger partial charge in [-0.1, -0.05) is 19.1 Å². The van der Waals surface area contributed by atoms with E-state index in [1.165, 1.54) is 0 Å².